The molecule has 2 heterocycles. The van der Waals surface area contributed by atoms with Gasteiger partial charge in [-0.05, 0) is 18.2 Å². The fraction of sp³-hybridized carbons (Fsp3) is 0.0714. The van der Waals surface area contributed by atoms with E-state index in [2.05, 4.69) is 15.1 Å². The second kappa shape index (κ2) is 5.00. The summed E-state index contributed by atoms with van der Waals surface area (Å²) in [6, 6.07) is 9.20. The molecule has 0 unspecified atom stereocenters. The van der Waals surface area contributed by atoms with Gasteiger partial charge in [0.1, 0.15) is 5.75 Å². The smallest absolute Gasteiger partial charge is 0.260 e. The molecule has 100 valence electrons. The normalized spacial score (nSPS) is 10.4. The monoisotopic (exact) mass is 268 g/mol. The van der Waals surface area contributed by atoms with Gasteiger partial charge < -0.3 is 15.0 Å². The summed E-state index contributed by atoms with van der Waals surface area (Å²) >= 11 is 0. The summed E-state index contributed by atoms with van der Waals surface area (Å²) in [6.07, 6.45) is 3.17. The van der Waals surface area contributed by atoms with Gasteiger partial charge >= 0.3 is 0 Å². The van der Waals surface area contributed by atoms with E-state index in [-0.39, 0.29) is 0 Å². The van der Waals surface area contributed by atoms with Gasteiger partial charge in [0.05, 0.1) is 30.1 Å². The van der Waals surface area contributed by atoms with Crippen molar-refractivity contribution in [1.29, 1.82) is 0 Å². The molecule has 0 bridgehead atoms. The summed E-state index contributed by atoms with van der Waals surface area (Å²) in [5.41, 5.74) is 7.75. The highest BCUT2D eigenvalue weighted by molar-refractivity contribution is 5.71. The number of hydrogen-bond donors (Lipinski definition) is 1. The van der Waals surface area contributed by atoms with Gasteiger partial charge in [-0.3, -0.25) is 4.98 Å². The van der Waals surface area contributed by atoms with Crippen molar-refractivity contribution in [3.63, 3.8) is 0 Å². The van der Waals surface area contributed by atoms with Crippen molar-refractivity contribution in [3.8, 4) is 28.6 Å². The third-order valence-electron chi connectivity index (χ3n) is 2.86. The highest BCUT2D eigenvalue weighted by Gasteiger charge is 2.15. The first-order valence-corrected chi connectivity index (χ1v) is 5.96. The van der Waals surface area contributed by atoms with Gasteiger partial charge in [0.15, 0.2) is 0 Å². The van der Waals surface area contributed by atoms with Crippen LogP contribution in [0.4, 0.5) is 5.69 Å². The number of pyridine rings is 1. The van der Waals surface area contributed by atoms with Crippen LogP contribution in [0.2, 0.25) is 0 Å². The molecule has 0 saturated heterocycles. The van der Waals surface area contributed by atoms with E-state index in [1.807, 2.05) is 24.3 Å². The maximum absolute atomic E-state index is 5.84. The number of hydrogen-bond acceptors (Lipinski definition) is 6. The number of anilines is 1. The van der Waals surface area contributed by atoms with Crippen LogP contribution in [-0.2, 0) is 0 Å². The first-order valence-electron chi connectivity index (χ1n) is 5.96. The van der Waals surface area contributed by atoms with Gasteiger partial charge in [-0.25, -0.2) is 0 Å². The molecule has 0 spiro atoms. The Morgan fingerprint density at radius 3 is 2.80 bits per heavy atom. The molecule has 0 atom stereocenters. The molecule has 0 radical (unpaired) electrons. The number of nitrogens with two attached hydrogens (primary N) is 1. The number of ether oxygens (including phenoxy) is 1. The minimum atomic E-state index is 0.353. The second-order valence-electron chi connectivity index (χ2n) is 4.09. The minimum Gasteiger partial charge on any atom is -0.496 e. The summed E-state index contributed by atoms with van der Waals surface area (Å²) in [7, 11) is 1.60. The Labute approximate surface area is 115 Å². The van der Waals surface area contributed by atoms with Crippen molar-refractivity contribution < 1.29 is 9.26 Å². The Morgan fingerprint density at radius 2 is 2.00 bits per heavy atom. The maximum Gasteiger partial charge on any atom is 0.260 e. The number of para-hydroxylation sites is 1. The zero-order valence-electron chi connectivity index (χ0n) is 10.8. The number of rotatable bonds is 3. The predicted molar refractivity (Wildman–Crippen MR) is 73.9 cm³/mol. The fourth-order valence-corrected chi connectivity index (χ4v) is 1.87. The van der Waals surface area contributed by atoms with Gasteiger partial charge in [-0.1, -0.05) is 17.3 Å². The van der Waals surface area contributed by atoms with Crippen LogP contribution in [0.3, 0.4) is 0 Å². The quantitative estimate of drug-likeness (QED) is 0.784. The molecule has 1 aromatic carbocycles. The van der Waals surface area contributed by atoms with Crippen LogP contribution in [0.1, 0.15) is 0 Å². The van der Waals surface area contributed by atoms with E-state index in [9.17, 15) is 0 Å². The first kappa shape index (κ1) is 12.2. The highest BCUT2D eigenvalue weighted by atomic mass is 16.5. The number of aromatic nitrogens is 3. The second-order valence-corrected chi connectivity index (χ2v) is 4.09. The lowest BCUT2D eigenvalue weighted by atomic mass is 10.2. The van der Waals surface area contributed by atoms with Crippen molar-refractivity contribution in [2.24, 2.45) is 0 Å². The first-order chi connectivity index (χ1) is 9.79. The van der Waals surface area contributed by atoms with E-state index in [0.29, 0.717) is 28.7 Å². The Hall–Kier alpha value is -2.89. The lowest BCUT2D eigenvalue weighted by Crippen LogP contribution is -1.91. The van der Waals surface area contributed by atoms with Crippen LogP contribution in [0, 0.1) is 0 Å². The topological polar surface area (TPSA) is 87.1 Å². The summed E-state index contributed by atoms with van der Waals surface area (Å²) in [4.78, 5) is 8.28. The van der Waals surface area contributed by atoms with Crippen LogP contribution in [0.5, 0.6) is 5.75 Å². The van der Waals surface area contributed by atoms with Gasteiger partial charge in [0, 0.05) is 6.20 Å². The van der Waals surface area contributed by atoms with E-state index in [1.54, 1.807) is 25.6 Å². The number of methoxy groups -OCH3 is 1. The molecule has 0 fully saturated rings. The zero-order valence-corrected chi connectivity index (χ0v) is 10.8. The number of nitrogen functional groups attached to an aromatic ring is 1. The van der Waals surface area contributed by atoms with Crippen LogP contribution in [-0.4, -0.2) is 22.2 Å². The van der Waals surface area contributed by atoms with E-state index >= 15 is 0 Å². The molecule has 2 N–H and O–H groups in total. The molecule has 0 saturated carbocycles. The van der Waals surface area contributed by atoms with E-state index in [4.69, 9.17) is 15.0 Å². The Bertz CT molecular complexity index is 739. The van der Waals surface area contributed by atoms with E-state index < -0.39 is 0 Å². The molecular formula is C14H12N4O2. The van der Waals surface area contributed by atoms with Crippen molar-refractivity contribution in [2.75, 3.05) is 12.8 Å². The average molecular weight is 268 g/mol. The van der Waals surface area contributed by atoms with Gasteiger partial charge in [0.2, 0.25) is 5.82 Å². The predicted octanol–water partition coefficient (Wildman–Crippen LogP) is 2.39. The third kappa shape index (κ3) is 2.07. The Balaban J connectivity index is 2.05. The molecule has 3 rings (SSSR count). The summed E-state index contributed by atoms with van der Waals surface area (Å²) < 4.78 is 10.5. The Morgan fingerprint density at radius 1 is 1.15 bits per heavy atom. The molecule has 0 aliphatic heterocycles. The van der Waals surface area contributed by atoms with Crippen molar-refractivity contribution in [3.05, 3.63) is 42.7 Å². The standard InChI is InChI=1S/C14H12N4O2/c1-19-12-5-3-2-4-10(12)13-17-14(20-18-13)9-6-7-16-8-11(9)15/h2-8H,15H2,1H3. The lowest BCUT2D eigenvalue weighted by molar-refractivity contribution is 0.413. The molecule has 2 aromatic heterocycles. The summed E-state index contributed by atoms with van der Waals surface area (Å²) in [5.74, 6) is 1.49. The molecule has 0 aliphatic rings. The summed E-state index contributed by atoms with van der Waals surface area (Å²) in [5, 5.41) is 3.97. The maximum atomic E-state index is 5.84. The van der Waals surface area contributed by atoms with E-state index in [0.717, 1.165) is 5.56 Å². The van der Waals surface area contributed by atoms with Crippen LogP contribution in [0.15, 0.2) is 47.2 Å². The highest BCUT2D eigenvalue weighted by Crippen LogP contribution is 2.30. The molecule has 0 aliphatic carbocycles. The van der Waals surface area contributed by atoms with Crippen molar-refractivity contribution in [1.82, 2.24) is 15.1 Å². The van der Waals surface area contributed by atoms with Gasteiger partial charge in [-0.15, -0.1) is 0 Å². The molecule has 6 heteroatoms. The largest absolute Gasteiger partial charge is 0.496 e. The average Bonchev–Trinajstić information content (AvgIpc) is 2.97. The summed E-state index contributed by atoms with van der Waals surface area (Å²) in [6.45, 7) is 0. The fourth-order valence-electron chi connectivity index (χ4n) is 1.87. The van der Waals surface area contributed by atoms with Crippen molar-refractivity contribution in [2.45, 2.75) is 0 Å². The van der Waals surface area contributed by atoms with Crippen LogP contribution in [0.25, 0.3) is 22.8 Å². The van der Waals surface area contributed by atoms with Crippen molar-refractivity contribution >= 4 is 5.69 Å². The molecule has 3 aromatic rings. The zero-order chi connectivity index (χ0) is 13.9. The van der Waals surface area contributed by atoms with Gasteiger partial charge in [-0.2, -0.15) is 4.98 Å². The number of benzene rings is 1. The SMILES string of the molecule is COc1ccccc1-c1noc(-c2ccncc2N)n1. The number of nitrogens with zero attached hydrogens (tertiary/aromatic N) is 3. The molecule has 0 amide bonds. The minimum absolute atomic E-state index is 0.353. The molecular weight excluding hydrogens is 256 g/mol. The third-order valence-corrected chi connectivity index (χ3v) is 2.86. The molecule has 6 nitrogen and oxygen atoms in total. The van der Waals surface area contributed by atoms with Crippen LogP contribution >= 0.6 is 0 Å². The van der Waals surface area contributed by atoms with Gasteiger partial charge in [0.25, 0.3) is 5.89 Å². The van der Waals surface area contributed by atoms with E-state index in [1.165, 1.54) is 0 Å². The van der Waals surface area contributed by atoms with Crippen LogP contribution < -0.4 is 10.5 Å². The molecule has 20 heavy (non-hydrogen) atoms. The Kier molecular flexibility index (Phi) is 3.04. The lowest BCUT2D eigenvalue weighted by Gasteiger charge is -2.03.